The van der Waals surface area contributed by atoms with E-state index in [1.54, 1.807) is 18.5 Å². The zero-order valence-corrected chi connectivity index (χ0v) is 20.0. The second-order valence-electron chi connectivity index (χ2n) is 8.92. The summed E-state index contributed by atoms with van der Waals surface area (Å²) in [4.78, 5) is 8.97. The molecule has 3 aromatic rings. The van der Waals surface area contributed by atoms with E-state index in [0.717, 1.165) is 36.7 Å². The van der Waals surface area contributed by atoms with Gasteiger partial charge in [0.2, 0.25) is 0 Å². The summed E-state index contributed by atoms with van der Waals surface area (Å²) < 4.78 is 13.6. The van der Waals surface area contributed by atoms with Crippen molar-refractivity contribution >= 4 is 34.0 Å². The van der Waals surface area contributed by atoms with Crippen molar-refractivity contribution in [3.63, 3.8) is 0 Å². The third kappa shape index (κ3) is 5.90. The van der Waals surface area contributed by atoms with Crippen molar-refractivity contribution in [3.05, 3.63) is 71.3 Å². The van der Waals surface area contributed by atoms with Gasteiger partial charge in [0.05, 0.1) is 10.5 Å². The first-order valence-corrected chi connectivity index (χ1v) is 12.3. The largest absolute Gasteiger partial charge is 0.340 e. The zero-order valence-electron chi connectivity index (χ0n) is 19.2. The van der Waals surface area contributed by atoms with Gasteiger partial charge in [0.15, 0.2) is 0 Å². The highest BCUT2D eigenvalue weighted by Crippen LogP contribution is 2.32. The van der Waals surface area contributed by atoms with E-state index in [2.05, 4.69) is 46.2 Å². The van der Waals surface area contributed by atoms with Crippen molar-refractivity contribution in [1.82, 2.24) is 15.3 Å². The molecule has 4 rings (SSSR count). The summed E-state index contributed by atoms with van der Waals surface area (Å²) in [5.41, 5.74) is 4.34. The first-order valence-electron chi connectivity index (χ1n) is 11.9. The Kier molecular flexibility index (Phi) is 7.94. The minimum atomic E-state index is -0.435. The molecule has 0 saturated heterocycles. The molecule has 0 radical (unpaired) electrons. The number of anilines is 2. The predicted octanol–water partition coefficient (Wildman–Crippen LogP) is 7.00. The van der Waals surface area contributed by atoms with Crippen LogP contribution in [-0.2, 0) is 12.8 Å². The molecule has 0 unspecified atom stereocenters. The van der Waals surface area contributed by atoms with Crippen LogP contribution in [0.5, 0.6) is 0 Å². The minimum Gasteiger partial charge on any atom is -0.340 e. The SMILES string of the molecule is C=CCCNC1CCC(Cc2cc3c(Nc4ccc(F)c(Cl)c4)ncnc3cc2CC)CC1. The maximum Gasteiger partial charge on any atom is 0.141 e. The number of nitrogens with zero attached hydrogens (tertiary/aromatic N) is 2. The highest BCUT2D eigenvalue weighted by Gasteiger charge is 2.22. The fourth-order valence-corrected chi connectivity index (χ4v) is 4.97. The fraction of sp³-hybridized carbons (Fsp3) is 0.407. The summed E-state index contributed by atoms with van der Waals surface area (Å²) in [7, 11) is 0. The Hall–Kier alpha value is -2.50. The summed E-state index contributed by atoms with van der Waals surface area (Å²) in [5.74, 6) is 0.971. The van der Waals surface area contributed by atoms with Crippen LogP contribution in [0.2, 0.25) is 5.02 Å². The molecule has 0 bridgehead atoms. The number of rotatable bonds is 9. The minimum absolute atomic E-state index is 0.0851. The molecule has 4 nitrogen and oxygen atoms in total. The number of aromatic nitrogens is 2. The average Bonchev–Trinajstić information content (AvgIpc) is 2.83. The highest BCUT2D eigenvalue weighted by atomic mass is 35.5. The average molecular weight is 467 g/mol. The third-order valence-electron chi connectivity index (χ3n) is 6.66. The number of fused-ring (bicyclic) bond motifs is 1. The number of aryl methyl sites for hydroxylation is 1. The zero-order chi connectivity index (χ0) is 23.2. The standard InChI is InChI=1S/C27H32ClFN4/c1-3-5-12-30-21-8-6-18(7-9-21)13-20-14-23-26(15-19(20)4-2)31-17-32-27(23)33-22-10-11-25(29)24(28)16-22/h3,10-11,14-18,21,30H,1,4-9,12-13H2,2H3,(H,31,32,33). The summed E-state index contributed by atoms with van der Waals surface area (Å²) >= 11 is 5.96. The van der Waals surface area contributed by atoms with Gasteiger partial charge in [-0.05, 0) is 98.9 Å². The summed E-state index contributed by atoms with van der Waals surface area (Å²) in [6, 6.07) is 9.67. The van der Waals surface area contributed by atoms with Gasteiger partial charge in [-0.2, -0.15) is 0 Å². The van der Waals surface area contributed by atoms with E-state index >= 15 is 0 Å². The van der Waals surface area contributed by atoms with E-state index in [9.17, 15) is 4.39 Å². The normalized spacial score (nSPS) is 18.4. The molecule has 1 aliphatic carbocycles. The van der Waals surface area contributed by atoms with Gasteiger partial charge < -0.3 is 10.6 Å². The number of hydrogen-bond donors (Lipinski definition) is 2. The first-order chi connectivity index (χ1) is 16.1. The smallest absolute Gasteiger partial charge is 0.141 e. The third-order valence-corrected chi connectivity index (χ3v) is 6.95. The molecule has 33 heavy (non-hydrogen) atoms. The fourth-order valence-electron chi connectivity index (χ4n) is 4.79. The van der Waals surface area contributed by atoms with E-state index in [1.807, 2.05) is 6.08 Å². The van der Waals surface area contributed by atoms with Crippen molar-refractivity contribution in [1.29, 1.82) is 0 Å². The van der Waals surface area contributed by atoms with Crippen LogP contribution in [0.3, 0.4) is 0 Å². The van der Waals surface area contributed by atoms with Gasteiger partial charge in [-0.25, -0.2) is 14.4 Å². The molecule has 1 aromatic heterocycles. The van der Waals surface area contributed by atoms with Crippen LogP contribution >= 0.6 is 11.6 Å². The van der Waals surface area contributed by atoms with E-state index < -0.39 is 5.82 Å². The second-order valence-corrected chi connectivity index (χ2v) is 9.33. The number of hydrogen-bond acceptors (Lipinski definition) is 4. The lowest BCUT2D eigenvalue weighted by molar-refractivity contribution is 0.291. The van der Waals surface area contributed by atoms with Crippen molar-refractivity contribution in [3.8, 4) is 0 Å². The molecule has 1 fully saturated rings. The second kappa shape index (κ2) is 11.1. The monoisotopic (exact) mass is 466 g/mol. The van der Waals surface area contributed by atoms with Crippen molar-refractivity contribution in [2.75, 3.05) is 11.9 Å². The quantitative estimate of drug-likeness (QED) is 0.263. The van der Waals surface area contributed by atoms with Gasteiger partial charge in [-0.3, -0.25) is 0 Å². The Bertz CT molecular complexity index is 1110. The van der Waals surface area contributed by atoms with Crippen LogP contribution < -0.4 is 10.6 Å². The molecule has 0 amide bonds. The molecule has 2 aromatic carbocycles. The van der Waals surface area contributed by atoms with E-state index in [-0.39, 0.29) is 5.02 Å². The number of benzene rings is 2. The Morgan fingerprint density at radius 1 is 1.12 bits per heavy atom. The first kappa shape index (κ1) is 23.7. The lowest BCUT2D eigenvalue weighted by Gasteiger charge is -2.30. The summed E-state index contributed by atoms with van der Waals surface area (Å²) in [6.07, 6.45) is 11.6. The van der Waals surface area contributed by atoms with Gasteiger partial charge in [0.1, 0.15) is 18.0 Å². The molecule has 6 heteroatoms. The molecule has 0 aliphatic heterocycles. The number of halogens is 2. The van der Waals surface area contributed by atoms with Gasteiger partial charge in [-0.15, -0.1) is 6.58 Å². The lowest BCUT2D eigenvalue weighted by Crippen LogP contribution is -2.34. The van der Waals surface area contributed by atoms with Crippen LogP contribution in [0.1, 0.15) is 50.2 Å². The number of nitrogens with one attached hydrogen (secondary N) is 2. The van der Waals surface area contributed by atoms with E-state index in [1.165, 1.54) is 42.9 Å². The highest BCUT2D eigenvalue weighted by molar-refractivity contribution is 6.31. The molecule has 1 aliphatic rings. The van der Waals surface area contributed by atoms with Crippen LogP contribution in [0, 0.1) is 11.7 Å². The van der Waals surface area contributed by atoms with Crippen molar-refractivity contribution < 1.29 is 4.39 Å². The lowest BCUT2D eigenvalue weighted by atomic mass is 9.81. The van der Waals surface area contributed by atoms with E-state index in [0.29, 0.717) is 23.5 Å². The van der Waals surface area contributed by atoms with Crippen LogP contribution in [0.4, 0.5) is 15.9 Å². The molecular formula is C27H32ClFN4. The Morgan fingerprint density at radius 3 is 2.67 bits per heavy atom. The molecular weight excluding hydrogens is 435 g/mol. The maximum atomic E-state index is 13.6. The molecule has 174 valence electrons. The van der Waals surface area contributed by atoms with Crippen LogP contribution in [0.25, 0.3) is 10.9 Å². The van der Waals surface area contributed by atoms with Crippen LogP contribution in [-0.4, -0.2) is 22.6 Å². The Labute approximate surface area is 200 Å². The Balaban J connectivity index is 1.52. The maximum absolute atomic E-state index is 13.6. The van der Waals surface area contributed by atoms with Crippen LogP contribution in [0.15, 0.2) is 49.3 Å². The molecule has 0 atom stereocenters. The molecule has 2 N–H and O–H groups in total. The Morgan fingerprint density at radius 2 is 1.94 bits per heavy atom. The van der Waals surface area contributed by atoms with E-state index in [4.69, 9.17) is 11.6 Å². The van der Waals surface area contributed by atoms with Gasteiger partial charge in [-0.1, -0.05) is 24.6 Å². The van der Waals surface area contributed by atoms with Crippen molar-refractivity contribution in [2.45, 2.75) is 57.9 Å². The molecule has 1 heterocycles. The topological polar surface area (TPSA) is 49.8 Å². The van der Waals surface area contributed by atoms with Gasteiger partial charge >= 0.3 is 0 Å². The van der Waals surface area contributed by atoms with Crippen molar-refractivity contribution in [2.24, 2.45) is 5.92 Å². The molecule has 1 saturated carbocycles. The predicted molar refractivity (Wildman–Crippen MR) is 136 cm³/mol. The molecule has 0 spiro atoms. The van der Waals surface area contributed by atoms with Gasteiger partial charge in [0, 0.05) is 17.1 Å². The summed E-state index contributed by atoms with van der Waals surface area (Å²) in [6.45, 7) is 7.03. The summed E-state index contributed by atoms with van der Waals surface area (Å²) in [5, 5.41) is 8.02. The van der Waals surface area contributed by atoms with Gasteiger partial charge in [0.25, 0.3) is 0 Å².